The molecule has 0 aliphatic heterocycles. The quantitative estimate of drug-likeness (QED) is 0.808. The van der Waals surface area contributed by atoms with Crippen LogP contribution in [-0.4, -0.2) is 13.4 Å². The van der Waals surface area contributed by atoms with E-state index >= 15 is 0 Å². The second-order valence-corrected chi connectivity index (χ2v) is 7.60. The second kappa shape index (κ2) is 6.44. The lowest BCUT2D eigenvalue weighted by molar-refractivity contribution is 0.566. The minimum atomic E-state index is -3.75. The number of halogens is 2. The molecule has 7 heteroatoms. The Morgan fingerprint density at radius 2 is 2.00 bits per heavy atom. The minimum absolute atomic E-state index is 0.0426. The van der Waals surface area contributed by atoms with Gasteiger partial charge < -0.3 is 0 Å². The third-order valence-corrected chi connectivity index (χ3v) is 5.45. The maximum Gasteiger partial charge on any atom is 0.244 e. The van der Waals surface area contributed by atoms with Gasteiger partial charge in [0.25, 0.3) is 0 Å². The topological polar surface area (TPSA) is 59.1 Å². The number of rotatable bonds is 4. The summed E-state index contributed by atoms with van der Waals surface area (Å²) in [5, 5.41) is -0.0531. The summed E-state index contributed by atoms with van der Waals surface area (Å²) in [6, 6.07) is 8.68. The van der Waals surface area contributed by atoms with Gasteiger partial charge >= 0.3 is 0 Å². The molecule has 21 heavy (non-hydrogen) atoms. The molecule has 1 heterocycles. The van der Waals surface area contributed by atoms with Crippen molar-refractivity contribution in [2.75, 3.05) is 0 Å². The Hall–Kier alpha value is -0.950. The van der Waals surface area contributed by atoms with Crippen LogP contribution in [0.25, 0.3) is 0 Å². The first kappa shape index (κ1) is 16.4. The van der Waals surface area contributed by atoms with Crippen LogP contribution in [-0.2, 0) is 10.0 Å². The van der Waals surface area contributed by atoms with Crippen molar-refractivity contribution in [2.45, 2.75) is 24.8 Å². The fraction of sp³-hybridized carbons (Fsp3) is 0.214. The Bertz CT molecular complexity index is 765. The van der Waals surface area contributed by atoms with E-state index in [1.54, 1.807) is 6.92 Å². The van der Waals surface area contributed by atoms with Crippen molar-refractivity contribution >= 4 is 37.6 Å². The second-order valence-electron chi connectivity index (χ2n) is 4.64. The molecule has 0 saturated heterocycles. The molecule has 112 valence electrons. The zero-order valence-electron chi connectivity index (χ0n) is 11.5. The number of pyridine rings is 1. The number of nitrogens with zero attached hydrogens (tertiary/aromatic N) is 1. The molecule has 1 N–H and O–H groups in total. The molecule has 1 aromatic heterocycles. The van der Waals surface area contributed by atoms with Crippen molar-refractivity contribution in [1.29, 1.82) is 0 Å². The van der Waals surface area contributed by atoms with E-state index in [0.29, 0.717) is 4.47 Å². The molecule has 0 aliphatic rings. The highest BCUT2D eigenvalue weighted by Crippen LogP contribution is 2.25. The zero-order chi connectivity index (χ0) is 15.6. The van der Waals surface area contributed by atoms with Gasteiger partial charge in [-0.3, -0.25) is 0 Å². The van der Waals surface area contributed by atoms with Crippen molar-refractivity contribution < 1.29 is 8.42 Å². The van der Waals surface area contributed by atoms with Gasteiger partial charge in [0.1, 0.15) is 10.0 Å². The molecule has 1 atom stereocenters. The van der Waals surface area contributed by atoms with Gasteiger partial charge in [0.2, 0.25) is 10.0 Å². The van der Waals surface area contributed by atoms with Crippen LogP contribution in [0, 0.1) is 6.92 Å². The lowest BCUT2D eigenvalue weighted by atomic mass is 10.0. The van der Waals surface area contributed by atoms with Crippen LogP contribution in [0.2, 0.25) is 5.15 Å². The molecule has 1 aromatic carbocycles. The molecule has 0 bridgehead atoms. The van der Waals surface area contributed by atoms with E-state index in [9.17, 15) is 8.42 Å². The summed E-state index contributed by atoms with van der Waals surface area (Å²) in [5.74, 6) is 0. The van der Waals surface area contributed by atoms with Crippen molar-refractivity contribution in [2.24, 2.45) is 0 Å². The van der Waals surface area contributed by atoms with E-state index in [4.69, 9.17) is 11.6 Å². The molecule has 0 aliphatic carbocycles. The van der Waals surface area contributed by atoms with Gasteiger partial charge in [0.15, 0.2) is 0 Å². The van der Waals surface area contributed by atoms with E-state index in [1.165, 1.54) is 12.3 Å². The van der Waals surface area contributed by atoms with Crippen molar-refractivity contribution in [3.63, 3.8) is 0 Å². The predicted molar refractivity (Wildman–Crippen MR) is 86.9 cm³/mol. The Morgan fingerprint density at radius 3 is 2.67 bits per heavy atom. The molecule has 2 aromatic rings. The fourth-order valence-corrected chi connectivity index (χ4v) is 4.19. The lowest BCUT2D eigenvalue weighted by Gasteiger charge is -2.17. The maximum atomic E-state index is 12.4. The summed E-state index contributed by atoms with van der Waals surface area (Å²) < 4.78 is 28.1. The first-order chi connectivity index (χ1) is 9.81. The summed E-state index contributed by atoms with van der Waals surface area (Å²) in [5.41, 5.74) is 1.94. The largest absolute Gasteiger partial charge is 0.244 e. The molecule has 1 unspecified atom stereocenters. The van der Waals surface area contributed by atoms with E-state index in [0.717, 1.165) is 11.1 Å². The zero-order valence-corrected chi connectivity index (χ0v) is 14.6. The Balaban J connectivity index is 2.34. The summed E-state index contributed by atoms with van der Waals surface area (Å²) in [4.78, 5) is 3.80. The number of sulfonamides is 1. The van der Waals surface area contributed by atoms with Crippen LogP contribution in [0.4, 0.5) is 0 Å². The van der Waals surface area contributed by atoms with Gasteiger partial charge in [-0.05, 0) is 47.0 Å². The first-order valence-corrected chi connectivity index (χ1v) is 8.85. The Morgan fingerprint density at radius 1 is 1.33 bits per heavy atom. The smallest absolute Gasteiger partial charge is 0.242 e. The van der Waals surface area contributed by atoms with Gasteiger partial charge in [-0.15, -0.1) is 0 Å². The van der Waals surface area contributed by atoms with E-state index in [1.807, 2.05) is 31.2 Å². The maximum absolute atomic E-state index is 12.4. The number of hydrogen-bond donors (Lipinski definition) is 1. The van der Waals surface area contributed by atoms with Crippen LogP contribution >= 0.6 is 27.5 Å². The lowest BCUT2D eigenvalue weighted by Crippen LogP contribution is -2.27. The molecule has 0 saturated carbocycles. The summed E-state index contributed by atoms with van der Waals surface area (Å²) in [7, 11) is -3.75. The van der Waals surface area contributed by atoms with E-state index in [2.05, 4.69) is 25.6 Å². The van der Waals surface area contributed by atoms with Gasteiger partial charge in [-0.25, -0.2) is 18.1 Å². The number of hydrogen-bond acceptors (Lipinski definition) is 3. The highest BCUT2D eigenvalue weighted by molar-refractivity contribution is 9.10. The molecular formula is C14H14BrClN2O2S. The highest BCUT2D eigenvalue weighted by Gasteiger charge is 2.22. The van der Waals surface area contributed by atoms with Crippen molar-refractivity contribution in [3.8, 4) is 0 Å². The summed E-state index contributed by atoms with van der Waals surface area (Å²) >= 11 is 9.09. The van der Waals surface area contributed by atoms with Gasteiger partial charge in [-0.1, -0.05) is 35.9 Å². The Labute approximate surface area is 137 Å². The third-order valence-electron chi connectivity index (χ3n) is 3.05. The summed E-state index contributed by atoms with van der Waals surface area (Å²) in [6.45, 7) is 3.73. The molecule has 0 radical (unpaired) electrons. The molecule has 0 spiro atoms. The minimum Gasteiger partial charge on any atom is -0.242 e. The summed E-state index contributed by atoms with van der Waals surface area (Å²) in [6.07, 6.45) is 1.45. The molecule has 4 nitrogen and oxygen atoms in total. The SMILES string of the molecule is Cc1ccccc1C(C)NS(=O)(=O)c1cc(Br)cnc1Cl. The van der Waals surface area contributed by atoms with Crippen LogP contribution < -0.4 is 4.72 Å². The molecule has 0 amide bonds. The number of benzene rings is 1. The number of aryl methyl sites for hydroxylation is 1. The van der Waals surface area contributed by atoms with Gasteiger partial charge in [-0.2, -0.15) is 0 Å². The van der Waals surface area contributed by atoms with Crippen LogP contribution in [0.15, 0.2) is 45.9 Å². The average Bonchev–Trinajstić information content (AvgIpc) is 2.41. The van der Waals surface area contributed by atoms with Gasteiger partial charge in [0.05, 0.1) is 0 Å². The molecular weight excluding hydrogens is 376 g/mol. The monoisotopic (exact) mass is 388 g/mol. The molecule has 0 fully saturated rings. The van der Waals surface area contributed by atoms with Crippen LogP contribution in [0.1, 0.15) is 24.1 Å². The average molecular weight is 390 g/mol. The third kappa shape index (κ3) is 3.83. The highest BCUT2D eigenvalue weighted by atomic mass is 79.9. The Kier molecular flexibility index (Phi) is 5.03. The van der Waals surface area contributed by atoms with Crippen molar-refractivity contribution in [1.82, 2.24) is 9.71 Å². The van der Waals surface area contributed by atoms with Crippen LogP contribution in [0.5, 0.6) is 0 Å². The number of aromatic nitrogens is 1. The van der Waals surface area contributed by atoms with Crippen molar-refractivity contribution in [3.05, 3.63) is 57.3 Å². The van der Waals surface area contributed by atoms with E-state index < -0.39 is 10.0 Å². The van der Waals surface area contributed by atoms with Crippen LogP contribution in [0.3, 0.4) is 0 Å². The predicted octanol–water partition coefficient (Wildman–Crippen LogP) is 3.85. The first-order valence-electron chi connectivity index (χ1n) is 6.20. The van der Waals surface area contributed by atoms with E-state index in [-0.39, 0.29) is 16.1 Å². The standard InChI is InChI=1S/C14H14BrClN2O2S/c1-9-5-3-4-6-12(9)10(2)18-21(19,20)13-7-11(15)8-17-14(13)16/h3-8,10,18H,1-2H3. The fourth-order valence-electron chi connectivity index (χ4n) is 2.02. The number of nitrogens with one attached hydrogen (secondary N) is 1. The molecule has 2 rings (SSSR count). The normalized spacial score (nSPS) is 13.1. The van der Waals surface area contributed by atoms with Gasteiger partial charge in [0, 0.05) is 16.7 Å².